The summed E-state index contributed by atoms with van der Waals surface area (Å²) < 4.78 is 6.11. The summed E-state index contributed by atoms with van der Waals surface area (Å²) in [6, 6.07) is 0. The van der Waals surface area contributed by atoms with E-state index < -0.39 is 6.10 Å². The Bertz CT molecular complexity index is 762. The van der Waals surface area contributed by atoms with Gasteiger partial charge in [0.25, 0.3) is 0 Å². The molecule has 0 spiro atoms. The van der Waals surface area contributed by atoms with Crippen LogP contribution in [0.25, 0.3) is 0 Å². The van der Waals surface area contributed by atoms with Gasteiger partial charge < -0.3 is 9.84 Å². The molecule has 0 aliphatic heterocycles. The molecule has 0 saturated heterocycles. The zero-order valence-corrected chi connectivity index (χ0v) is 23.9. The second-order valence-electron chi connectivity index (χ2n) is 13.2. The number of rotatable bonds is 8. The van der Waals surface area contributed by atoms with Gasteiger partial charge in [-0.25, -0.2) is 0 Å². The molecule has 9 atom stereocenters. The van der Waals surface area contributed by atoms with Gasteiger partial charge in [0.05, 0.1) is 12.5 Å². The van der Waals surface area contributed by atoms with Gasteiger partial charge in [-0.1, -0.05) is 81.5 Å². The highest BCUT2D eigenvalue weighted by Crippen LogP contribution is 2.67. The molecule has 194 valence electrons. The van der Waals surface area contributed by atoms with Crippen molar-refractivity contribution in [2.24, 2.45) is 46.3 Å². The number of fused-ring (bicyclic) bond motifs is 5. The van der Waals surface area contributed by atoms with Crippen LogP contribution in [0, 0.1) is 46.3 Å². The van der Waals surface area contributed by atoms with Crippen LogP contribution < -0.4 is 0 Å². The predicted octanol–water partition coefficient (Wildman–Crippen LogP) is 7.70. The molecule has 0 bridgehead atoms. The molecule has 3 saturated carbocycles. The first-order chi connectivity index (χ1) is 16.1. The van der Waals surface area contributed by atoms with Gasteiger partial charge in [0.2, 0.25) is 0 Å². The lowest BCUT2D eigenvalue weighted by molar-refractivity contribution is -0.168. The number of hydrogen-bond acceptors (Lipinski definition) is 3. The molecule has 34 heavy (non-hydrogen) atoms. The minimum absolute atomic E-state index is 0.119. The highest BCUT2D eigenvalue weighted by Gasteiger charge is 2.61. The number of aliphatic hydroxyl groups is 1. The number of esters is 1. The number of halogens is 1. The molecule has 1 unspecified atom stereocenters. The summed E-state index contributed by atoms with van der Waals surface area (Å²) in [5.74, 6) is 4.38. The number of aliphatic hydroxyl groups excluding tert-OH is 1. The van der Waals surface area contributed by atoms with E-state index in [1.54, 1.807) is 0 Å². The Morgan fingerprint density at radius 2 is 1.94 bits per heavy atom. The maximum absolute atomic E-state index is 12.5. The largest absolute Gasteiger partial charge is 0.461 e. The van der Waals surface area contributed by atoms with Crippen molar-refractivity contribution in [2.75, 3.05) is 5.33 Å². The van der Waals surface area contributed by atoms with Gasteiger partial charge in [-0.15, -0.1) is 0 Å². The van der Waals surface area contributed by atoms with E-state index in [0.29, 0.717) is 35.4 Å². The molecule has 0 heterocycles. The highest BCUT2D eigenvalue weighted by atomic mass is 79.9. The second kappa shape index (κ2) is 10.6. The van der Waals surface area contributed by atoms with Gasteiger partial charge in [-0.05, 0) is 79.4 Å². The van der Waals surface area contributed by atoms with Crippen molar-refractivity contribution in [1.82, 2.24) is 0 Å². The fourth-order valence-electron chi connectivity index (χ4n) is 9.16. The number of carbonyl (C=O) groups is 1. The highest BCUT2D eigenvalue weighted by molar-refractivity contribution is 9.09. The summed E-state index contributed by atoms with van der Waals surface area (Å²) in [6.07, 6.45) is 14.2. The first-order valence-electron chi connectivity index (χ1n) is 14.2. The van der Waals surface area contributed by atoms with Gasteiger partial charge in [-0.2, -0.15) is 0 Å². The van der Waals surface area contributed by atoms with Crippen LogP contribution >= 0.6 is 15.9 Å². The van der Waals surface area contributed by atoms with Crippen LogP contribution in [0.3, 0.4) is 0 Å². The Hall–Kier alpha value is -0.350. The summed E-state index contributed by atoms with van der Waals surface area (Å²) in [6.45, 7) is 12.2. The Labute approximate surface area is 217 Å². The van der Waals surface area contributed by atoms with Crippen molar-refractivity contribution < 1.29 is 14.6 Å². The first-order valence-corrected chi connectivity index (χ1v) is 15.4. The standard InChI is InChI=1S/C30H49BrO3/c1-19(2)7-6-8-20(3)24-11-12-25-23-10-9-21-17-22(32)18-27(34-28(33)14-16-31)30(21,5)26(23)13-15-29(24,25)4/h9,19-20,22-27,32H,6-8,10-18H2,1-5H3/t20-,22-,23+,24-,25+,26+,27?,29-,30+/m1/s1. The summed E-state index contributed by atoms with van der Waals surface area (Å²) in [5.41, 5.74) is 1.70. The van der Waals surface area contributed by atoms with Crippen molar-refractivity contribution in [2.45, 2.75) is 117 Å². The van der Waals surface area contributed by atoms with E-state index in [9.17, 15) is 9.90 Å². The average molecular weight is 538 g/mol. The molecule has 3 nitrogen and oxygen atoms in total. The van der Waals surface area contributed by atoms with Crippen LogP contribution in [0.15, 0.2) is 11.6 Å². The third kappa shape index (κ3) is 4.81. The molecular formula is C30H49BrO3. The smallest absolute Gasteiger partial charge is 0.306 e. The van der Waals surface area contributed by atoms with E-state index in [4.69, 9.17) is 4.74 Å². The fraction of sp³-hybridized carbons (Fsp3) is 0.900. The molecule has 1 N–H and O–H groups in total. The first kappa shape index (κ1) is 26.7. The number of alkyl halides is 1. The Morgan fingerprint density at radius 3 is 2.65 bits per heavy atom. The van der Waals surface area contributed by atoms with E-state index in [-0.39, 0.29) is 17.5 Å². The fourth-order valence-corrected chi connectivity index (χ4v) is 9.49. The van der Waals surface area contributed by atoms with E-state index in [2.05, 4.69) is 56.6 Å². The maximum Gasteiger partial charge on any atom is 0.306 e. The van der Waals surface area contributed by atoms with Crippen molar-refractivity contribution in [3.63, 3.8) is 0 Å². The molecule has 0 amide bonds. The molecule has 0 radical (unpaired) electrons. The third-order valence-electron chi connectivity index (χ3n) is 10.9. The van der Waals surface area contributed by atoms with E-state index in [1.165, 1.54) is 50.5 Å². The summed E-state index contributed by atoms with van der Waals surface area (Å²) in [5, 5.41) is 11.3. The normalized spacial score (nSPS) is 42.4. The summed E-state index contributed by atoms with van der Waals surface area (Å²) in [7, 11) is 0. The van der Waals surface area contributed by atoms with Gasteiger partial charge >= 0.3 is 5.97 Å². The van der Waals surface area contributed by atoms with Crippen molar-refractivity contribution >= 4 is 21.9 Å². The van der Waals surface area contributed by atoms with Crippen LogP contribution in [0.4, 0.5) is 0 Å². The maximum atomic E-state index is 12.5. The topological polar surface area (TPSA) is 46.5 Å². The number of hydrogen-bond donors (Lipinski definition) is 1. The van der Waals surface area contributed by atoms with Crippen LogP contribution in [0.5, 0.6) is 0 Å². The molecule has 3 fully saturated rings. The molecule has 4 aliphatic carbocycles. The SMILES string of the molecule is CC(C)CCC[C@@H](C)[C@H]1CC[C@H]2[C@@H]3CC=C4C[C@@H](O)CC(OC(=O)CCBr)[C@]4(C)[C@H]3CC[C@]12C. The third-order valence-corrected chi connectivity index (χ3v) is 11.3. The van der Waals surface area contributed by atoms with Gasteiger partial charge in [0.1, 0.15) is 6.10 Å². The lowest BCUT2D eigenvalue weighted by Gasteiger charge is -2.60. The van der Waals surface area contributed by atoms with E-state index >= 15 is 0 Å². The Balaban J connectivity index is 1.54. The summed E-state index contributed by atoms with van der Waals surface area (Å²) >= 11 is 3.38. The zero-order chi connectivity index (χ0) is 24.7. The monoisotopic (exact) mass is 536 g/mol. The van der Waals surface area contributed by atoms with Crippen LogP contribution in [0.1, 0.15) is 105 Å². The van der Waals surface area contributed by atoms with Crippen molar-refractivity contribution in [3.8, 4) is 0 Å². The minimum atomic E-state index is -0.394. The molecule has 0 aromatic heterocycles. The molecule has 0 aromatic carbocycles. The van der Waals surface area contributed by atoms with Gasteiger partial charge in [0.15, 0.2) is 0 Å². The Kier molecular flexibility index (Phi) is 8.30. The van der Waals surface area contributed by atoms with E-state index in [1.807, 2.05) is 0 Å². The molecule has 4 heteroatoms. The van der Waals surface area contributed by atoms with Crippen molar-refractivity contribution in [3.05, 3.63) is 11.6 Å². The summed E-state index contributed by atoms with van der Waals surface area (Å²) in [4.78, 5) is 12.5. The quantitative estimate of drug-likeness (QED) is 0.196. The van der Waals surface area contributed by atoms with E-state index in [0.717, 1.165) is 36.5 Å². The lowest BCUT2D eigenvalue weighted by Crippen LogP contribution is -2.56. The van der Waals surface area contributed by atoms with Crippen molar-refractivity contribution in [1.29, 1.82) is 0 Å². The average Bonchev–Trinajstić information content (AvgIpc) is 3.12. The zero-order valence-electron chi connectivity index (χ0n) is 22.3. The predicted molar refractivity (Wildman–Crippen MR) is 143 cm³/mol. The van der Waals surface area contributed by atoms with Crippen LogP contribution in [0.2, 0.25) is 0 Å². The second-order valence-corrected chi connectivity index (χ2v) is 14.0. The van der Waals surface area contributed by atoms with Crippen LogP contribution in [-0.2, 0) is 9.53 Å². The number of allylic oxidation sites excluding steroid dienone is 1. The Morgan fingerprint density at radius 1 is 1.18 bits per heavy atom. The molecule has 4 rings (SSSR count). The number of ether oxygens (including phenoxy) is 1. The molecule has 4 aliphatic rings. The minimum Gasteiger partial charge on any atom is -0.461 e. The molecular weight excluding hydrogens is 488 g/mol. The molecule has 0 aromatic rings. The van der Waals surface area contributed by atoms with Gasteiger partial charge in [0, 0.05) is 17.2 Å². The van der Waals surface area contributed by atoms with Gasteiger partial charge in [-0.3, -0.25) is 4.79 Å². The lowest BCUT2D eigenvalue weighted by atomic mass is 9.46. The van der Waals surface area contributed by atoms with Crippen LogP contribution in [-0.4, -0.2) is 28.6 Å². The number of carbonyl (C=O) groups excluding carboxylic acids is 1.